The van der Waals surface area contributed by atoms with Gasteiger partial charge in [-0.05, 0) is 24.5 Å². The Bertz CT molecular complexity index is 565. The fourth-order valence-corrected chi connectivity index (χ4v) is 3.13. The van der Waals surface area contributed by atoms with Crippen molar-refractivity contribution in [2.45, 2.75) is 25.8 Å². The van der Waals surface area contributed by atoms with Gasteiger partial charge in [-0.25, -0.2) is 0 Å². The number of nitrogens with zero attached hydrogens (tertiary/aromatic N) is 1. The van der Waals surface area contributed by atoms with E-state index in [-0.39, 0.29) is 0 Å². The van der Waals surface area contributed by atoms with Gasteiger partial charge >= 0.3 is 0 Å². The molecule has 0 amide bonds. The van der Waals surface area contributed by atoms with Crippen molar-refractivity contribution in [3.05, 3.63) is 54.6 Å². The molecule has 3 rings (SSSR count). The molecule has 2 heteroatoms. The number of benzene rings is 2. The molecule has 1 N–H and O–H groups in total. The second-order valence-electron chi connectivity index (χ2n) is 5.72. The molecule has 1 atom stereocenters. The summed E-state index contributed by atoms with van der Waals surface area (Å²) in [6, 6.07) is 20.1. The molecule has 2 aromatic carbocycles. The molecule has 1 heterocycles. The molecule has 1 saturated heterocycles. The van der Waals surface area contributed by atoms with Crippen molar-refractivity contribution in [2.24, 2.45) is 0 Å². The Morgan fingerprint density at radius 1 is 1.00 bits per heavy atom. The van der Waals surface area contributed by atoms with Crippen LogP contribution >= 0.6 is 0 Å². The number of hydrogen-bond acceptors (Lipinski definition) is 2. The van der Waals surface area contributed by atoms with E-state index in [9.17, 15) is 0 Å². The van der Waals surface area contributed by atoms with Crippen LogP contribution in [0.4, 0.5) is 5.69 Å². The third-order valence-electron chi connectivity index (χ3n) is 4.38. The summed E-state index contributed by atoms with van der Waals surface area (Å²) in [5.74, 6) is 0. The third kappa shape index (κ3) is 3.27. The number of nitrogens with one attached hydrogen (secondary N) is 1. The molecule has 1 aliphatic heterocycles. The Kier molecular flexibility index (Phi) is 4.56. The van der Waals surface area contributed by atoms with Gasteiger partial charge in [0, 0.05) is 36.9 Å². The summed E-state index contributed by atoms with van der Waals surface area (Å²) in [6.45, 7) is 5.56. The van der Waals surface area contributed by atoms with Crippen LogP contribution in [0.15, 0.2) is 54.6 Å². The summed E-state index contributed by atoms with van der Waals surface area (Å²) >= 11 is 0. The van der Waals surface area contributed by atoms with Gasteiger partial charge in [0.1, 0.15) is 0 Å². The lowest BCUT2D eigenvalue weighted by molar-refractivity contribution is 0.510. The van der Waals surface area contributed by atoms with Crippen molar-refractivity contribution >= 4 is 5.69 Å². The van der Waals surface area contributed by atoms with E-state index in [1.165, 1.54) is 29.7 Å². The number of para-hydroxylation sites is 1. The Balaban J connectivity index is 1.89. The minimum absolute atomic E-state index is 0.666. The van der Waals surface area contributed by atoms with Crippen LogP contribution in [0.25, 0.3) is 11.1 Å². The van der Waals surface area contributed by atoms with Gasteiger partial charge in [0.25, 0.3) is 0 Å². The van der Waals surface area contributed by atoms with Crippen molar-refractivity contribution in [1.29, 1.82) is 0 Å². The summed E-state index contributed by atoms with van der Waals surface area (Å²) in [5, 5.41) is 3.65. The Labute approximate surface area is 127 Å². The lowest BCUT2D eigenvalue weighted by Gasteiger charge is -2.25. The topological polar surface area (TPSA) is 15.3 Å². The first-order chi connectivity index (χ1) is 10.4. The van der Waals surface area contributed by atoms with Gasteiger partial charge < -0.3 is 10.2 Å². The average Bonchev–Trinajstić information content (AvgIpc) is 2.81. The molecule has 110 valence electrons. The van der Waals surface area contributed by atoms with E-state index in [1.54, 1.807) is 0 Å². The van der Waals surface area contributed by atoms with Crippen molar-refractivity contribution in [3.63, 3.8) is 0 Å². The molecule has 0 aromatic heterocycles. The quantitative estimate of drug-likeness (QED) is 0.916. The highest BCUT2D eigenvalue weighted by molar-refractivity contribution is 5.78. The Morgan fingerprint density at radius 2 is 1.76 bits per heavy atom. The molecule has 1 unspecified atom stereocenters. The van der Waals surface area contributed by atoms with Gasteiger partial charge in [0.2, 0.25) is 0 Å². The molecule has 2 aromatic rings. The van der Waals surface area contributed by atoms with E-state index in [2.05, 4.69) is 71.7 Å². The van der Waals surface area contributed by atoms with E-state index >= 15 is 0 Å². The zero-order valence-electron chi connectivity index (χ0n) is 12.8. The van der Waals surface area contributed by atoms with Gasteiger partial charge in [-0.3, -0.25) is 0 Å². The predicted octanol–water partition coefficient (Wildman–Crippen LogP) is 3.93. The van der Waals surface area contributed by atoms with Crippen LogP contribution in [0.5, 0.6) is 0 Å². The van der Waals surface area contributed by atoms with Crippen LogP contribution in [0, 0.1) is 0 Å². The molecule has 0 saturated carbocycles. The maximum Gasteiger partial charge on any atom is 0.0446 e. The first kappa shape index (κ1) is 14.2. The van der Waals surface area contributed by atoms with Crippen LogP contribution in [-0.2, 0) is 0 Å². The lowest BCUT2D eigenvalue weighted by atomic mass is 10.0. The maximum atomic E-state index is 3.65. The van der Waals surface area contributed by atoms with Crippen molar-refractivity contribution in [3.8, 4) is 11.1 Å². The number of anilines is 1. The summed E-state index contributed by atoms with van der Waals surface area (Å²) in [5.41, 5.74) is 4.01. The fourth-order valence-electron chi connectivity index (χ4n) is 3.13. The first-order valence-corrected chi connectivity index (χ1v) is 8.01. The molecular formula is C19H24N2. The smallest absolute Gasteiger partial charge is 0.0446 e. The highest BCUT2D eigenvalue weighted by Gasteiger charge is 2.17. The van der Waals surface area contributed by atoms with Crippen LogP contribution < -0.4 is 10.2 Å². The van der Waals surface area contributed by atoms with Crippen molar-refractivity contribution < 1.29 is 0 Å². The highest BCUT2D eigenvalue weighted by atomic mass is 15.2. The number of hydrogen-bond donors (Lipinski definition) is 1. The van der Waals surface area contributed by atoms with Gasteiger partial charge in [-0.15, -0.1) is 0 Å². The summed E-state index contributed by atoms with van der Waals surface area (Å²) in [4.78, 5) is 2.53. The standard InChI is InChI=1S/C19H24N2/c1-2-17-12-14-21(15-13-20-17)19-11-7-6-10-18(19)16-8-4-3-5-9-16/h3-11,17,20H,2,12-15H2,1H3. The monoisotopic (exact) mass is 280 g/mol. The molecule has 1 fully saturated rings. The number of rotatable bonds is 3. The van der Waals surface area contributed by atoms with Crippen LogP contribution in [0.2, 0.25) is 0 Å². The van der Waals surface area contributed by atoms with E-state index in [0.29, 0.717) is 6.04 Å². The van der Waals surface area contributed by atoms with Crippen molar-refractivity contribution in [1.82, 2.24) is 5.32 Å². The zero-order chi connectivity index (χ0) is 14.5. The maximum absolute atomic E-state index is 3.65. The minimum Gasteiger partial charge on any atom is -0.370 e. The molecule has 0 bridgehead atoms. The van der Waals surface area contributed by atoms with Gasteiger partial charge in [-0.2, -0.15) is 0 Å². The molecule has 0 spiro atoms. The van der Waals surface area contributed by atoms with Crippen LogP contribution in [0.3, 0.4) is 0 Å². The summed E-state index contributed by atoms with van der Waals surface area (Å²) < 4.78 is 0. The molecule has 2 nitrogen and oxygen atoms in total. The Morgan fingerprint density at radius 3 is 2.57 bits per heavy atom. The van der Waals surface area contributed by atoms with Gasteiger partial charge in [0.05, 0.1) is 0 Å². The normalized spacial score (nSPS) is 19.3. The largest absolute Gasteiger partial charge is 0.370 e. The molecule has 21 heavy (non-hydrogen) atoms. The average molecular weight is 280 g/mol. The van der Waals surface area contributed by atoms with Crippen molar-refractivity contribution in [2.75, 3.05) is 24.5 Å². The van der Waals surface area contributed by atoms with Gasteiger partial charge in [0.15, 0.2) is 0 Å². The highest BCUT2D eigenvalue weighted by Crippen LogP contribution is 2.31. The zero-order valence-corrected chi connectivity index (χ0v) is 12.8. The van der Waals surface area contributed by atoms with E-state index < -0.39 is 0 Å². The molecule has 0 aliphatic carbocycles. The van der Waals surface area contributed by atoms with E-state index in [4.69, 9.17) is 0 Å². The van der Waals surface area contributed by atoms with E-state index in [0.717, 1.165) is 19.6 Å². The predicted molar refractivity (Wildman–Crippen MR) is 90.8 cm³/mol. The molecule has 0 radical (unpaired) electrons. The van der Waals surface area contributed by atoms with E-state index in [1.807, 2.05) is 0 Å². The van der Waals surface area contributed by atoms with Crippen LogP contribution in [-0.4, -0.2) is 25.7 Å². The molecular weight excluding hydrogens is 256 g/mol. The summed E-state index contributed by atoms with van der Waals surface area (Å²) in [6.07, 6.45) is 2.44. The third-order valence-corrected chi connectivity index (χ3v) is 4.38. The fraction of sp³-hybridized carbons (Fsp3) is 0.368. The SMILES string of the molecule is CCC1CCN(c2ccccc2-c2ccccc2)CCN1. The summed E-state index contributed by atoms with van der Waals surface area (Å²) in [7, 11) is 0. The first-order valence-electron chi connectivity index (χ1n) is 8.01. The lowest BCUT2D eigenvalue weighted by Crippen LogP contribution is -2.30. The van der Waals surface area contributed by atoms with Gasteiger partial charge in [-0.1, -0.05) is 55.5 Å². The second-order valence-corrected chi connectivity index (χ2v) is 5.72. The Hall–Kier alpha value is -1.80. The minimum atomic E-state index is 0.666. The van der Waals surface area contributed by atoms with Crippen LogP contribution in [0.1, 0.15) is 19.8 Å². The molecule has 1 aliphatic rings. The second kappa shape index (κ2) is 6.77.